The van der Waals surface area contributed by atoms with Gasteiger partial charge in [0, 0.05) is 50.1 Å². The lowest BCUT2D eigenvalue weighted by Crippen LogP contribution is -2.49. The van der Waals surface area contributed by atoms with E-state index in [2.05, 4.69) is 25.3 Å². The monoisotopic (exact) mass is 678 g/mol. The van der Waals surface area contributed by atoms with E-state index in [4.69, 9.17) is 5.73 Å². The van der Waals surface area contributed by atoms with E-state index in [0.717, 1.165) is 58.2 Å². The van der Waals surface area contributed by atoms with Gasteiger partial charge in [-0.3, -0.25) is 14.3 Å². The molecule has 0 saturated carbocycles. The van der Waals surface area contributed by atoms with Crippen molar-refractivity contribution in [2.75, 3.05) is 24.5 Å². The summed E-state index contributed by atoms with van der Waals surface area (Å²) < 4.78 is 1.68. The Morgan fingerprint density at radius 3 is 2.49 bits per heavy atom. The molecule has 1 aromatic carbocycles. The van der Waals surface area contributed by atoms with Crippen molar-refractivity contribution in [3.8, 4) is 21.6 Å². The third-order valence-electron chi connectivity index (χ3n) is 9.04. The molecule has 4 aromatic rings. The second-order valence-corrected chi connectivity index (χ2v) is 13.7. The molecule has 0 aliphatic carbocycles. The zero-order chi connectivity index (χ0) is 32.5. The predicted molar refractivity (Wildman–Crippen MR) is 186 cm³/mol. The number of hydrogen-bond acceptors (Lipinski definition) is 9. The SMILES string of the molecule is Cc1ncsc1-c1ccc([C@H](C)NC(=O)[C@@H]2C[C@@H](O)CN2C(=O)C(C(C)C)n2cc(-c3ccnc(N4CCC(N)C4)c3)cn2)cc1.Cl. The molecular weight excluding hydrogens is 636 g/mol. The van der Waals surface area contributed by atoms with Crippen molar-refractivity contribution in [3.05, 3.63) is 71.8 Å². The molecule has 5 atom stereocenters. The van der Waals surface area contributed by atoms with Crippen molar-refractivity contribution in [1.29, 1.82) is 0 Å². The minimum absolute atomic E-state index is 0. The van der Waals surface area contributed by atoms with Gasteiger partial charge in [0.1, 0.15) is 17.9 Å². The Morgan fingerprint density at radius 1 is 1.06 bits per heavy atom. The maximum absolute atomic E-state index is 14.1. The van der Waals surface area contributed by atoms with E-state index < -0.39 is 18.2 Å². The minimum Gasteiger partial charge on any atom is -0.391 e. The fourth-order valence-corrected chi connectivity index (χ4v) is 7.29. The molecule has 2 unspecified atom stereocenters. The number of amides is 2. The van der Waals surface area contributed by atoms with Crippen LogP contribution in [0.2, 0.25) is 0 Å². The average Bonchev–Trinajstić information content (AvgIpc) is 3.85. The number of hydrogen-bond donors (Lipinski definition) is 3. The van der Waals surface area contributed by atoms with Crippen molar-refractivity contribution in [3.63, 3.8) is 0 Å². The van der Waals surface area contributed by atoms with Crippen molar-refractivity contribution in [1.82, 2.24) is 30.0 Å². The Labute approximate surface area is 285 Å². The number of pyridine rings is 1. The Bertz CT molecular complexity index is 1690. The molecule has 4 N–H and O–H groups in total. The van der Waals surface area contributed by atoms with Crippen LogP contribution in [-0.4, -0.2) is 79.4 Å². The highest BCUT2D eigenvalue weighted by Gasteiger charge is 2.43. The summed E-state index contributed by atoms with van der Waals surface area (Å²) in [5, 5.41) is 18.3. The molecule has 47 heavy (non-hydrogen) atoms. The Kier molecular flexibility index (Phi) is 10.6. The van der Waals surface area contributed by atoms with Gasteiger partial charge in [-0.15, -0.1) is 23.7 Å². The highest BCUT2D eigenvalue weighted by atomic mass is 35.5. The van der Waals surface area contributed by atoms with Crippen LogP contribution in [0.1, 0.15) is 57.0 Å². The molecule has 0 radical (unpaired) electrons. The van der Waals surface area contributed by atoms with Gasteiger partial charge < -0.3 is 26.0 Å². The van der Waals surface area contributed by atoms with Crippen LogP contribution in [-0.2, 0) is 9.59 Å². The highest BCUT2D eigenvalue weighted by molar-refractivity contribution is 7.13. The van der Waals surface area contributed by atoms with Crippen molar-refractivity contribution in [2.24, 2.45) is 11.7 Å². The topological polar surface area (TPSA) is 142 Å². The quantitative estimate of drug-likeness (QED) is 0.237. The van der Waals surface area contributed by atoms with Gasteiger partial charge in [0.05, 0.1) is 34.4 Å². The number of nitrogens with one attached hydrogen (secondary N) is 1. The predicted octanol–water partition coefficient (Wildman–Crippen LogP) is 4.37. The summed E-state index contributed by atoms with van der Waals surface area (Å²) in [6.45, 7) is 9.58. The number of carbonyl (C=O) groups is 2. The first-order valence-electron chi connectivity index (χ1n) is 15.9. The largest absolute Gasteiger partial charge is 0.391 e. The van der Waals surface area contributed by atoms with E-state index in [0.29, 0.717) is 0 Å². The Morgan fingerprint density at radius 2 is 1.83 bits per heavy atom. The fourth-order valence-electron chi connectivity index (χ4n) is 6.48. The third-order valence-corrected chi connectivity index (χ3v) is 10.0. The number of aliphatic hydroxyl groups excluding tert-OH is 1. The van der Waals surface area contributed by atoms with Crippen LogP contribution in [0.15, 0.2) is 60.5 Å². The van der Waals surface area contributed by atoms with Gasteiger partial charge in [-0.1, -0.05) is 38.1 Å². The van der Waals surface area contributed by atoms with Crippen LogP contribution >= 0.6 is 23.7 Å². The summed E-state index contributed by atoms with van der Waals surface area (Å²) in [5.74, 6) is 0.240. The second-order valence-electron chi connectivity index (χ2n) is 12.8. The van der Waals surface area contributed by atoms with Crippen LogP contribution in [0.5, 0.6) is 0 Å². The lowest BCUT2D eigenvalue weighted by Gasteiger charge is -2.30. The summed E-state index contributed by atoms with van der Waals surface area (Å²) in [6, 6.07) is 10.5. The van der Waals surface area contributed by atoms with Crippen molar-refractivity contribution < 1.29 is 14.7 Å². The number of aliphatic hydroxyl groups is 1. The number of thiazole rings is 1. The van der Waals surface area contributed by atoms with Gasteiger partial charge in [0.15, 0.2) is 0 Å². The number of β-amino-alcohol motifs (C(OH)–C–C–N with tert-alkyl or cyclic N) is 1. The number of rotatable bonds is 9. The van der Waals surface area contributed by atoms with Crippen LogP contribution in [0.4, 0.5) is 5.82 Å². The molecule has 6 rings (SSSR count). The molecule has 11 nitrogen and oxygen atoms in total. The summed E-state index contributed by atoms with van der Waals surface area (Å²) in [5.41, 5.74) is 12.8. The summed E-state index contributed by atoms with van der Waals surface area (Å²) >= 11 is 1.60. The van der Waals surface area contributed by atoms with Gasteiger partial charge in [-0.25, -0.2) is 9.97 Å². The molecule has 2 aliphatic heterocycles. The number of halogens is 1. The minimum atomic E-state index is -0.785. The maximum atomic E-state index is 14.1. The molecule has 2 fully saturated rings. The van der Waals surface area contributed by atoms with Gasteiger partial charge in [-0.05, 0) is 55.0 Å². The maximum Gasteiger partial charge on any atom is 0.248 e. The van der Waals surface area contributed by atoms with Crippen molar-refractivity contribution >= 4 is 41.4 Å². The molecule has 0 bridgehead atoms. The fraction of sp³-hybridized carbons (Fsp3) is 0.441. The number of aromatic nitrogens is 4. The summed E-state index contributed by atoms with van der Waals surface area (Å²) in [4.78, 5) is 41.4. The van der Waals surface area contributed by atoms with Gasteiger partial charge >= 0.3 is 0 Å². The second kappa shape index (κ2) is 14.5. The average molecular weight is 679 g/mol. The van der Waals surface area contributed by atoms with E-state index in [1.54, 1.807) is 28.4 Å². The lowest BCUT2D eigenvalue weighted by molar-refractivity contribution is -0.142. The third kappa shape index (κ3) is 7.35. The number of anilines is 1. The normalized spacial score (nSPS) is 20.7. The number of nitrogens with two attached hydrogens (primary N) is 1. The van der Waals surface area contributed by atoms with Gasteiger partial charge in [-0.2, -0.15) is 5.10 Å². The molecule has 3 aromatic heterocycles. The Hall–Kier alpha value is -3.84. The van der Waals surface area contributed by atoms with Crippen LogP contribution in [0.25, 0.3) is 21.6 Å². The molecule has 250 valence electrons. The molecule has 2 amide bonds. The standard InChI is InChI=1S/C34H42N8O3S.ClH/c1-20(2)31(42-16-26(15-38-42)25-9-11-36-30(13-25)40-12-10-27(35)17-40)34(45)41-18-28(43)14-29(41)33(44)39-21(3)23-5-7-24(8-6-23)32-22(4)37-19-46-32;/h5-9,11,13,15-16,19-21,27-29,31,43H,10,12,14,17-18,35H2,1-4H3,(H,39,44);1H/t21-,27?,28+,29-,31?;/m0./s1. The van der Waals surface area contributed by atoms with Gasteiger partial charge in [0.2, 0.25) is 11.8 Å². The zero-order valence-corrected chi connectivity index (χ0v) is 28.7. The smallest absolute Gasteiger partial charge is 0.248 e. The summed E-state index contributed by atoms with van der Waals surface area (Å²) in [6.07, 6.45) is 5.74. The van der Waals surface area contributed by atoms with E-state index in [1.807, 2.05) is 75.8 Å². The molecule has 13 heteroatoms. The molecule has 2 aliphatic rings. The number of carbonyl (C=O) groups excluding carboxylic acids is 2. The van der Waals surface area contributed by atoms with E-state index in [1.165, 1.54) is 4.90 Å². The lowest BCUT2D eigenvalue weighted by atomic mass is 10.0. The molecule has 2 saturated heterocycles. The van der Waals surface area contributed by atoms with Gasteiger partial charge in [0.25, 0.3) is 0 Å². The number of likely N-dealkylation sites (tertiary alicyclic amines) is 1. The summed E-state index contributed by atoms with van der Waals surface area (Å²) in [7, 11) is 0. The first kappa shape index (κ1) is 34.5. The molecular formula is C34H43ClN8O3S. The van der Waals surface area contributed by atoms with Crippen molar-refractivity contribution in [2.45, 2.75) is 70.8 Å². The Balaban J connectivity index is 0.00000433. The number of aryl methyl sites for hydroxylation is 1. The van der Waals surface area contributed by atoms with Crippen LogP contribution in [0.3, 0.4) is 0 Å². The van der Waals surface area contributed by atoms with Crippen LogP contribution in [0, 0.1) is 12.8 Å². The highest BCUT2D eigenvalue weighted by Crippen LogP contribution is 2.31. The van der Waals surface area contributed by atoms with E-state index >= 15 is 0 Å². The first-order chi connectivity index (χ1) is 22.1. The van der Waals surface area contributed by atoms with E-state index in [9.17, 15) is 14.7 Å². The van der Waals surface area contributed by atoms with E-state index in [-0.39, 0.29) is 55.2 Å². The zero-order valence-electron chi connectivity index (χ0n) is 27.1. The first-order valence-corrected chi connectivity index (χ1v) is 16.8. The van der Waals surface area contributed by atoms with Crippen LogP contribution < -0.4 is 16.0 Å². The number of nitrogens with zero attached hydrogens (tertiary/aromatic N) is 6. The molecule has 5 heterocycles. The molecule has 0 spiro atoms. The number of benzene rings is 1.